The molecule has 1 unspecified atom stereocenters. The minimum Gasteiger partial charge on any atom is -0.481 e. The molecule has 1 aromatic rings. The average Bonchev–Trinajstić information content (AvgIpc) is 2.77. The summed E-state index contributed by atoms with van der Waals surface area (Å²) < 4.78 is 1.67. The minimum absolute atomic E-state index is 0.123. The normalized spacial score (nSPS) is 11.9. The lowest BCUT2D eigenvalue weighted by molar-refractivity contribution is -0.137. The SMILES string of the molecule is CC(CCC(=O)O)CNC(=O)NCc1ccn(C)n1. The molecular weight excluding hydrogens is 248 g/mol. The number of nitrogens with one attached hydrogen (secondary N) is 2. The van der Waals surface area contributed by atoms with Crippen LogP contribution in [0.25, 0.3) is 0 Å². The number of nitrogens with zero attached hydrogens (tertiary/aromatic N) is 2. The van der Waals surface area contributed by atoms with Crippen LogP contribution in [0.3, 0.4) is 0 Å². The van der Waals surface area contributed by atoms with Gasteiger partial charge in [-0.1, -0.05) is 6.92 Å². The largest absolute Gasteiger partial charge is 0.481 e. The molecule has 7 heteroatoms. The highest BCUT2D eigenvalue weighted by molar-refractivity contribution is 5.73. The van der Waals surface area contributed by atoms with Crippen molar-refractivity contribution < 1.29 is 14.7 Å². The first-order chi connectivity index (χ1) is 8.97. The van der Waals surface area contributed by atoms with Gasteiger partial charge in [-0.2, -0.15) is 5.10 Å². The van der Waals surface area contributed by atoms with Gasteiger partial charge in [0.15, 0.2) is 0 Å². The summed E-state index contributed by atoms with van der Waals surface area (Å²) >= 11 is 0. The molecule has 7 nitrogen and oxygen atoms in total. The molecule has 0 aromatic carbocycles. The molecule has 0 saturated carbocycles. The zero-order chi connectivity index (χ0) is 14.3. The molecule has 0 aliphatic carbocycles. The highest BCUT2D eigenvalue weighted by atomic mass is 16.4. The van der Waals surface area contributed by atoms with Gasteiger partial charge in [0.05, 0.1) is 12.2 Å². The number of carbonyl (C=O) groups excluding carboxylic acids is 1. The monoisotopic (exact) mass is 268 g/mol. The van der Waals surface area contributed by atoms with Crippen LogP contribution in [-0.2, 0) is 18.4 Å². The van der Waals surface area contributed by atoms with Crippen LogP contribution in [0.15, 0.2) is 12.3 Å². The van der Waals surface area contributed by atoms with Crippen LogP contribution in [-0.4, -0.2) is 33.4 Å². The Morgan fingerprint density at radius 3 is 2.79 bits per heavy atom. The Hall–Kier alpha value is -2.05. The van der Waals surface area contributed by atoms with Crippen molar-refractivity contribution >= 4 is 12.0 Å². The van der Waals surface area contributed by atoms with Crippen molar-refractivity contribution in [2.45, 2.75) is 26.3 Å². The zero-order valence-corrected chi connectivity index (χ0v) is 11.2. The lowest BCUT2D eigenvalue weighted by Crippen LogP contribution is -2.37. The topological polar surface area (TPSA) is 96.3 Å². The van der Waals surface area contributed by atoms with Crippen molar-refractivity contribution in [1.29, 1.82) is 0 Å². The maximum atomic E-state index is 11.5. The summed E-state index contributed by atoms with van der Waals surface area (Å²) in [5, 5.41) is 18.1. The number of carboxylic acid groups (broad SMARTS) is 1. The maximum Gasteiger partial charge on any atom is 0.315 e. The highest BCUT2D eigenvalue weighted by Crippen LogP contribution is 2.03. The predicted molar refractivity (Wildman–Crippen MR) is 69.5 cm³/mol. The third-order valence-corrected chi connectivity index (χ3v) is 2.66. The van der Waals surface area contributed by atoms with E-state index in [1.807, 2.05) is 26.2 Å². The molecule has 1 atom stereocenters. The van der Waals surface area contributed by atoms with Gasteiger partial charge in [-0.15, -0.1) is 0 Å². The molecule has 0 aliphatic rings. The van der Waals surface area contributed by atoms with Gasteiger partial charge in [0, 0.05) is 26.2 Å². The van der Waals surface area contributed by atoms with Crippen molar-refractivity contribution in [1.82, 2.24) is 20.4 Å². The summed E-state index contributed by atoms with van der Waals surface area (Å²) in [5.74, 6) is -0.678. The fraction of sp³-hybridized carbons (Fsp3) is 0.583. The lowest BCUT2D eigenvalue weighted by Gasteiger charge is -2.11. The molecule has 0 saturated heterocycles. The number of aliphatic carboxylic acids is 1. The Labute approximate surface area is 112 Å². The van der Waals surface area contributed by atoms with Gasteiger partial charge in [0.25, 0.3) is 0 Å². The van der Waals surface area contributed by atoms with E-state index in [0.29, 0.717) is 19.5 Å². The molecule has 1 aromatic heterocycles. The molecule has 1 heterocycles. The smallest absolute Gasteiger partial charge is 0.315 e. The highest BCUT2D eigenvalue weighted by Gasteiger charge is 2.07. The lowest BCUT2D eigenvalue weighted by atomic mass is 10.1. The Kier molecular flexibility index (Phi) is 5.84. The number of rotatable bonds is 7. The number of hydrogen-bond acceptors (Lipinski definition) is 3. The Bertz CT molecular complexity index is 430. The molecule has 0 bridgehead atoms. The fourth-order valence-electron chi connectivity index (χ4n) is 1.53. The van der Waals surface area contributed by atoms with Crippen molar-refractivity contribution in [2.75, 3.05) is 6.54 Å². The molecule has 0 spiro atoms. The van der Waals surface area contributed by atoms with E-state index >= 15 is 0 Å². The number of aryl methyl sites for hydroxylation is 1. The number of urea groups is 1. The number of carboxylic acids is 1. The summed E-state index contributed by atoms with van der Waals surface area (Å²) in [5.41, 5.74) is 0.788. The third-order valence-electron chi connectivity index (χ3n) is 2.66. The molecule has 2 amide bonds. The van der Waals surface area contributed by atoms with Gasteiger partial charge in [0.2, 0.25) is 0 Å². The number of amides is 2. The van der Waals surface area contributed by atoms with Crippen LogP contribution in [0.4, 0.5) is 4.79 Å². The van der Waals surface area contributed by atoms with Crippen LogP contribution >= 0.6 is 0 Å². The maximum absolute atomic E-state index is 11.5. The average molecular weight is 268 g/mol. The summed E-state index contributed by atoms with van der Waals surface area (Å²) in [6.07, 6.45) is 2.48. The summed E-state index contributed by atoms with van der Waals surface area (Å²) in [6, 6.07) is 1.56. The molecule has 3 N–H and O–H groups in total. The van der Waals surface area contributed by atoms with Crippen molar-refractivity contribution in [3.05, 3.63) is 18.0 Å². The van der Waals surface area contributed by atoms with E-state index < -0.39 is 5.97 Å². The Balaban J connectivity index is 2.15. The van der Waals surface area contributed by atoms with E-state index in [1.165, 1.54) is 0 Å². The van der Waals surface area contributed by atoms with E-state index in [9.17, 15) is 9.59 Å². The molecule has 0 radical (unpaired) electrons. The van der Waals surface area contributed by atoms with Crippen molar-refractivity contribution in [2.24, 2.45) is 13.0 Å². The first-order valence-corrected chi connectivity index (χ1v) is 6.19. The van der Waals surface area contributed by atoms with Crippen LogP contribution in [0.2, 0.25) is 0 Å². The number of hydrogen-bond donors (Lipinski definition) is 3. The van der Waals surface area contributed by atoms with Gasteiger partial charge in [-0.05, 0) is 18.4 Å². The second-order valence-corrected chi connectivity index (χ2v) is 4.58. The Morgan fingerprint density at radius 2 is 2.21 bits per heavy atom. The van der Waals surface area contributed by atoms with Crippen LogP contribution < -0.4 is 10.6 Å². The van der Waals surface area contributed by atoms with Crippen LogP contribution in [0.1, 0.15) is 25.5 Å². The quantitative estimate of drug-likeness (QED) is 0.679. The fourth-order valence-corrected chi connectivity index (χ4v) is 1.53. The molecular formula is C12H20N4O3. The predicted octanol–water partition coefficient (Wildman–Crippen LogP) is 0.720. The standard InChI is InChI=1S/C12H20N4O3/c1-9(3-4-11(17)18)7-13-12(19)14-8-10-5-6-16(2)15-10/h5-6,9H,3-4,7-8H2,1-2H3,(H,17,18)(H2,13,14,19). The number of aromatic nitrogens is 2. The van der Waals surface area contributed by atoms with Crippen molar-refractivity contribution in [3.63, 3.8) is 0 Å². The summed E-state index contributed by atoms with van der Waals surface area (Å²) in [7, 11) is 1.81. The minimum atomic E-state index is -0.813. The first-order valence-electron chi connectivity index (χ1n) is 6.19. The first kappa shape index (κ1) is 15.0. The molecule has 106 valence electrons. The summed E-state index contributed by atoms with van der Waals surface area (Å²) in [6.45, 7) is 2.74. The molecule has 19 heavy (non-hydrogen) atoms. The third kappa shape index (κ3) is 6.44. The van der Waals surface area contributed by atoms with Crippen molar-refractivity contribution in [3.8, 4) is 0 Å². The number of carbonyl (C=O) groups is 2. The van der Waals surface area contributed by atoms with Gasteiger partial charge in [-0.3, -0.25) is 9.48 Å². The van der Waals surface area contributed by atoms with E-state index in [1.54, 1.807) is 4.68 Å². The van der Waals surface area contributed by atoms with E-state index in [0.717, 1.165) is 5.69 Å². The van der Waals surface area contributed by atoms with Gasteiger partial charge in [0.1, 0.15) is 0 Å². The zero-order valence-electron chi connectivity index (χ0n) is 11.2. The Morgan fingerprint density at radius 1 is 1.47 bits per heavy atom. The second kappa shape index (κ2) is 7.40. The summed E-state index contributed by atoms with van der Waals surface area (Å²) in [4.78, 5) is 21.9. The van der Waals surface area contributed by atoms with Crippen LogP contribution in [0, 0.1) is 5.92 Å². The van der Waals surface area contributed by atoms with Gasteiger partial charge in [-0.25, -0.2) is 4.79 Å². The molecule has 0 fully saturated rings. The molecule has 1 rings (SSSR count). The van der Waals surface area contributed by atoms with E-state index in [-0.39, 0.29) is 18.4 Å². The molecule has 0 aliphatic heterocycles. The van der Waals surface area contributed by atoms with Gasteiger partial charge >= 0.3 is 12.0 Å². The van der Waals surface area contributed by atoms with Crippen LogP contribution in [0.5, 0.6) is 0 Å². The van der Waals surface area contributed by atoms with E-state index in [4.69, 9.17) is 5.11 Å². The van der Waals surface area contributed by atoms with Gasteiger partial charge < -0.3 is 15.7 Å². The van der Waals surface area contributed by atoms with E-state index in [2.05, 4.69) is 15.7 Å². The second-order valence-electron chi connectivity index (χ2n) is 4.58.